The second-order valence-electron chi connectivity index (χ2n) is 3.11. The molecule has 2 rings (SSSR count). The third-order valence-electron chi connectivity index (χ3n) is 1.97. The van der Waals surface area contributed by atoms with Crippen LogP contribution in [0.5, 0.6) is 0 Å². The van der Waals surface area contributed by atoms with E-state index in [2.05, 4.69) is 4.98 Å². The average molecular weight is 244 g/mol. The molecule has 0 fully saturated rings. The normalized spacial score (nSPS) is 11.7. The van der Waals surface area contributed by atoms with Crippen LogP contribution in [-0.4, -0.2) is 4.98 Å². The van der Waals surface area contributed by atoms with Gasteiger partial charge in [-0.15, -0.1) is 11.3 Å². The van der Waals surface area contributed by atoms with Crippen LogP contribution in [0, 0.1) is 0 Å². The Hall–Kier alpha value is -1.56. The summed E-state index contributed by atoms with van der Waals surface area (Å²) in [5.74, 6) is 0. The van der Waals surface area contributed by atoms with E-state index < -0.39 is 11.2 Å². The Morgan fingerprint density at radius 2 is 1.88 bits per heavy atom. The van der Waals surface area contributed by atoms with E-state index in [9.17, 15) is 13.2 Å². The minimum Gasteiger partial charge on any atom is -0.398 e. The summed E-state index contributed by atoms with van der Waals surface area (Å²) in [6.07, 6.45) is -3.20. The number of nitrogen functional groups attached to an aromatic ring is 1. The molecule has 2 aromatic rings. The number of aromatic nitrogens is 1. The van der Waals surface area contributed by atoms with Crippen molar-refractivity contribution in [2.75, 3.05) is 5.73 Å². The molecule has 0 atom stereocenters. The molecule has 1 aromatic heterocycles. The summed E-state index contributed by atoms with van der Waals surface area (Å²) in [5.41, 5.74) is 6.69. The van der Waals surface area contributed by atoms with Crippen LogP contribution in [-0.2, 0) is 6.18 Å². The minimum atomic E-state index is -4.40. The number of halogens is 3. The molecule has 0 radical (unpaired) electrons. The fourth-order valence-corrected chi connectivity index (χ4v) is 2.08. The molecule has 0 bridgehead atoms. The molecule has 2 nitrogen and oxygen atoms in total. The molecular weight excluding hydrogens is 237 g/mol. The minimum absolute atomic E-state index is 0.422. The van der Waals surface area contributed by atoms with Crippen LogP contribution in [0.1, 0.15) is 5.01 Å². The van der Waals surface area contributed by atoms with Gasteiger partial charge in [-0.05, 0) is 6.07 Å². The molecule has 1 aromatic carbocycles. The molecule has 6 heteroatoms. The van der Waals surface area contributed by atoms with Crippen molar-refractivity contribution in [2.45, 2.75) is 6.18 Å². The quantitative estimate of drug-likeness (QED) is 0.781. The van der Waals surface area contributed by atoms with E-state index in [0.29, 0.717) is 27.5 Å². The summed E-state index contributed by atoms with van der Waals surface area (Å²) >= 11 is 0.591. The van der Waals surface area contributed by atoms with Gasteiger partial charge < -0.3 is 5.73 Å². The Labute approximate surface area is 93.5 Å². The number of anilines is 1. The fraction of sp³-hybridized carbons (Fsp3) is 0.100. The Balaban J connectivity index is 2.44. The molecule has 16 heavy (non-hydrogen) atoms. The van der Waals surface area contributed by atoms with Gasteiger partial charge in [0, 0.05) is 17.4 Å². The van der Waals surface area contributed by atoms with Crippen LogP contribution in [0.3, 0.4) is 0 Å². The Morgan fingerprint density at radius 3 is 2.44 bits per heavy atom. The number of benzene rings is 1. The first kappa shape index (κ1) is 10.9. The number of para-hydroxylation sites is 1. The first-order valence-electron chi connectivity index (χ1n) is 4.36. The van der Waals surface area contributed by atoms with Gasteiger partial charge in [0.2, 0.25) is 0 Å². The Bertz CT molecular complexity index is 505. The number of hydrogen-bond donors (Lipinski definition) is 1. The number of nitrogens with zero attached hydrogens (tertiary/aromatic N) is 1. The third-order valence-corrected chi connectivity index (χ3v) is 3.05. The van der Waals surface area contributed by atoms with Crippen LogP contribution in [0.4, 0.5) is 18.9 Å². The number of alkyl halides is 3. The first-order chi connectivity index (χ1) is 7.48. The largest absolute Gasteiger partial charge is 0.443 e. The molecule has 0 aliphatic carbocycles. The third kappa shape index (κ3) is 2.01. The molecule has 84 valence electrons. The average Bonchev–Trinajstić information content (AvgIpc) is 2.66. The summed E-state index contributed by atoms with van der Waals surface area (Å²) in [7, 11) is 0. The van der Waals surface area contributed by atoms with Crippen LogP contribution in [0.2, 0.25) is 0 Å². The van der Waals surface area contributed by atoms with Gasteiger partial charge in [-0.1, -0.05) is 18.2 Å². The van der Waals surface area contributed by atoms with Crippen molar-refractivity contribution in [2.24, 2.45) is 0 Å². The topological polar surface area (TPSA) is 38.9 Å². The highest BCUT2D eigenvalue weighted by molar-refractivity contribution is 7.15. The van der Waals surface area contributed by atoms with Crippen LogP contribution in [0.25, 0.3) is 10.4 Å². The Kier molecular flexibility index (Phi) is 2.59. The van der Waals surface area contributed by atoms with Gasteiger partial charge in [-0.25, -0.2) is 4.98 Å². The van der Waals surface area contributed by atoms with Crippen molar-refractivity contribution in [3.63, 3.8) is 0 Å². The number of thiazole rings is 1. The standard InChI is InChI=1S/C10H7F3N2S/c11-10(12,13)9-15-5-8(16-9)6-3-1-2-4-7(6)14/h1-5H,14H2. The SMILES string of the molecule is Nc1ccccc1-c1cnc(C(F)(F)F)s1. The van der Waals surface area contributed by atoms with Crippen LogP contribution in [0.15, 0.2) is 30.5 Å². The van der Waals surface area contributed by atoms with Crippen molar-refractivity contribution in [3.05, 3.63) is 35.5 Å². The summed E-state index contributed by atoms with van der Waals surface area (Å²) in [5, 5.41) is -0.856. The molecule has 0 amide bonds. The van der Waals surface area contributed by atoms with Gasteiger partial charge in [0.05, 0.1) is 4.88 Å². The van der Waals surface area contributed by atoms with E-state index >= 15 is 0 Å². The van der Waals surface area contributed by atoms with Crippen molar-refractivity contribution in [1.82, 2.24) is 4.98 Å². The van der Waals surface area contributed by atoms with E-state index in [1.807, 2.05) is 0 Å². The fourth-order valence-electron chi connectivity index (χ4n) is 1.25. The number of nitrogens with two attached hydrogens (primary N) is 1. The van der Waals surface area contributed by atoms with Gasteiger partial charge in [0.1, 0.15) is 0 Å². The molecular formula is C10H7F3N2S. The molecule has 0 spiro atoms. The smallest absolute Gasteiger partial charge is 0.398 e. The summed E-state index contributed by atoms with van der Waals surface area (Å²) in [6.45, 7) is 0. The van der Waals surface area contributed by atoms with Crippen molar-refractivity contribution >= 4 is 17.0 Å². The van der Waals surface area contributed by atoms with E-state index in [4.69, 9.17) is 5.73 Å². The highest BCUT2D eigenvalue weighted by Gasteiger charge is 2.34. The molecule has 0 aliphatic heterocycles. The maximum atomic E-state index is 12.3. The molecule has 1 heterocycles. The molecule has 2 N–H and O–H groups in total. The molecule has 0 saturated heterocycles. The number of hydrogen-bond acceptors (Lipinski definition) is 3. The van der Waals surface area contributed by atoms with Crippen LogP contribution >= 0.6 is 11.3 Å². The first-order valence-corrected chi connectivity index (χ1v) is 5.18. The second kappa shape index (κ2) is 3.79. The van der Waals surface area contributed by atoms with E-state index in [-0.39, 0.29) is 0 Å². The van der Waals surface area contributed by atoms with Gasteiger partial charge in [0.15, 0.2) is 5.01 Å². The maximum absolute atomic E-state index is 12.3. The zero-order valence-corrected chi connectivity index (χ0v) is 8.77. The molecule has 0 unspecified atom stereocenters. The highest BCUT2D eigenvalue weighted by Crippen LogP contribution is 2.37. The van der Waals surface area contributed by atoms with E-state index in [1.54, 1.807) is 24.3 Å². The van der Waals surface area contributed by atoms with E-state index in [1.165, 1.54) is 6.20 Å². The Morgan fingerprint density at radius 1 is 1.19 bits per heavy atom. The predicted octanol–water partition coefficient (Wildman–Crippen LogP) is 3.41. The lowest BCUT2D eigenvalue weighted by Gasteiger charge is -2.01. The second-order valence-corrected chi connectivity index (χ2v) is 4.15. The van der Waals surface area contributed by atoms with Gasteiger partial charge in [-0.3, -0.25) is 0 Å². The number of rotatable bonds is 1. The maximum Gasteiger partial charge on any atom is 0.443 e. The van der Waals surface area contributed by atoms with E-state index in [0.717, 1.165) is 0 Å². The lowest BCUT2D eigenvalue weighted by Crippen LogP contribution is -2.02. The summed E-state index contributed by atoms with van der Waals surface area (Å²) in [4.78, 5) is 3.76. The van der Waals surface area contributed by atoms with Gasteiger partial charge in [-0.2, -0.15) is 13.2 Å². The van der Waals surface area contributed by atoms with Crippen LogP contribution < -0.4 is 5.73 Å². The molecule has 0 saturated carbocycles. The van der Waals surface area contributed by atoms with Gasteiger partial charge >= 0.3 is 6.18 Å². The monoisotopic (exact) mass is 244 g/mol. The van der Waals surface area contributed by atoms with Crippen molar-refractivity contribution < 1.29 is 13.2 Å². The molecule has 0 aliphatic rings. The summed E-state index contributed by atoms with van der Waals surface area (Å²) in [6, 6.07) is 6.76. The lowest BCUT2D eigenvalue weighted by molar-refractivity contribution is -0.137. The predicted molar refractivity (Wildman–Crippen MR) is 57.0 cm³/mol. The highest BCUT2D eigenvalue weighted by atomic mass is 32.1. The zero-order chi connectivity index (χ0) is 11.8. The summed E-state index contributed by atoms with van der Waals surface area (Å²) < 4.78 is 37.0. The van der Waals surface area contributed by atoms with Gasteiger partial charge in [0.25, 0.3) is 0 Å². The van der Waals surface area contributed by atoms with Crippen molar-refractivity contribution in [3.8, 4) is 10.4 Å². The van der Waals surface area contributed by atoms with Crippen molar-refractivity contribution in [1.29, 1.82) is 0 Å². The lowest BCUT2D eigenvalue weighted by atomic mass is 10.1. The zero-order valence-electron chi connectivity index (χ0n) is 7.95.